The maximum absolute atomic E-state index is 13.9. The van der Waals surface area contributed by atoms with Crippen LogP contribution in [0.15, 0.2) is 24.3 Å². The van der Waals surface area contributed by atoms with Crippen LogP contribution >= 0.6 is 0 Å². The highest BCUT2D eigenvalue weighted by molar-refractivity contribution is 5.84. The van der Waals surface area contributed by atoms with Gasteiger partial charge in [0.25, 0.3) is 0 Å². The van der Waals surface area contributed by atoms with Gasteiger partial charge in [0.15, 0.2) is 0 Å². The van der Waals surface area contributed by atoms with Crippen molar-refractivity contribution in [3.63, 3.8) is 0 Å². The average molecular weight is 594 g/mol. The number of ether oxygens (including phenoxy) is 2. The molecule has 0 spiro atoms. The number of benzene rings is 1. The Labute approximate surface area is 255 Å². The van der Waals surface area contributed by atoms with E-state index in [0.717, 1.165) is 69.1 Å². The topological polar surface area (TPSA) is 117 Å². The third kappa shape index (κ3) is 8.08. The van der Waals surface area contributed by atoms with E-state index in [1.165, 1.54) is 5.69 Å². The highest BCUT2D eigenvalue weighted by Gasteiger charge is 2.38. The van der Waals surface area contributed by atoms with Gasteiger partial charge in [-0.15, -0.1) is 0 Å². The molecule has 3 heterocycles. The summed E-state index contributed by atoms with van der Waals surface area (Å²) in [6.45, 7) is 12.2. The number of aryl methyl sites for hydroxylation is 2. The summed E-state index contributed by atoms with van der Waals surface area (Å²) in [5.41, 5.74) is 2.29. The van der Waals surface area contributed by atoms with E-state index in [9.17, 15) is 19.6 Å². The van der Waals surface area contributed by atoms with E-state index < -0.39 is 23.7 Å². The molecule has 0 bridgehead atoms. The molecule has 234 valence electrons. The minimum absolute atomic E-state index is 0.169. The second-order valence-electron chi connectivity index (χ2n) is 12.6. The second kappa shape index (κ2) is 14.3. The van der Waals surface area contributed by atoms with Crippen LogP contribution in [0.4, 0.5) is 4.79 Å². The molecule has 0 unspecified atom stereocenters. The van der Waals surface area contributed by atoms with Crippen molar-refractivity contribution in [3.8, 4) is 6.07 Å². The van der Waals surface area contributed by atoms with Gasteiger partial charge < -0.3 is 24.3 Å². The Morgan fingerprint density at radius 2 is 1.88 bits per heavy atom. The van der Waals surface area contributed by atoms with Crippen molar-refractivity contribution in [1.29, 1.82) is 5.26 Å². The minimum Gasteiger partial charge on any atom is -0.464 e. The first-order chi connectivity index (χ1) is 20.5. The molecule has 2 aliphatic heterocycles. The zero-order valence-corrected chi connectivity index (χ0v) is 26.4. The van der Waals surface area contributed by atoms with Crippen LogP contribution in [0.1, 0.15) is 84.4 Å². The summed E-state index contributed by atoms with van der Waals surface area (Å²) in [6.07, 6.45) is 5.13. The summed E-state index contributed by atoms with van der Waals surface area (Å²) >= 11 is 0. The van der Waals surface area contributed by atoms with Crippen molar-refractivity contribution in [3.05, 3.63) is 35.5 Å². The van der Waals surface area contributed by atoms with Gasteiger partial charge in [-0.25, -0.2) is 9.59 Å². The van der Waals surface area contributed by atoms with Gasteiger partial charge in [-0.1, -0.05) is 6.07 Å². The number of carbonyl (C=O) groups is 3. The van der Waals surface area contributed by atoms with Crippen LogP contribution < -0.4 is 5.32 Å². The zero-order valence-electron chi connectivity index (χ0n) is 26.4. The standard InChI is InChI=1S/C33H47N5O5/c1-6-37-26(21-24-13-12-23(22-34)20-29(24)37)15-14-25-10-8-18-38(25)30(39)28-11-9-17-36(28)19-16-27(31(40)42-7-2)35-32(41)43-33(3,4)5/h12-13,20-21,25,27-28H,6-11,14-19H2,1-5H3,(H,35,41)/t25-,27-,28+/m0/s1. The van der Waals surface area contributed by atoms with Gasteiger partial charge in [-0.05, 0) is 110 Å². The van der Waals surface area contributed by atoms with E-state index in [2.05, 4.69) is 38.7 Å². The molecule has 3 atom stereocenters. The van der Waals surface area contributed by atoms with Crippen LogP contribution in [0.2, 0.25) is 0 Å². The first kappa shape index (κ1) is 32.3. The highest BCUT2D eigenvalue weighted by atomic mass is 16.6. The number of nitrogens with zero attached hydrogens (tertiary/aromatic N) is 4. The largest absolute Gasteiger partial charge is 0.464 e. The van der Waals surface area contributed by atoms with Crippen molar-refractivity contribution in [2.75, 3.05) is 26.2 Å². The first-order valence-corrected chi connectivity index (χ1v) is 15.8. The molecule has 43 heavy (non-hydrogen) atoms. The molecule has 10 nitrogen and oxygen atoms in total. The number of esters is 1. The highest BCUT2D eigenvalue weighted by Crippen LogP contribution is 2.29. The lowest BCUT2D eigenvalue weighted by atomic mass is 10.1. The molecular formula is C33H47N5O5. The van der Waals surface area contributed by atoms with Gasteiger partial charge in [0, 0.05) is 36.9 Å². The summed E-state index contributed by atoms with van der Waals surface area (Å²) in [6, 6.07) is 9.40. The molecule has 1 N–H and O–H groups in total. The first-order valence-electron chi connectivity index (χ1n) is 15.8. The van der Waals surface area contributed by atoms with Gasteiger partial charge >= 0.3 is 12.1 Å². The van der Waals surface area contributed by atoms with Crippen LogP contribution in [0, 0.1) is 11.3 Å². The summed E-state index contributed by atoms with van der Waals surface area (Å²) < 4.78 is 12.8. The maximum Gasteiger partial charge on any atom is 0.408 e. The molecule has 0 saturated carbocycles. The van der Waals surface area contributed by atoms with Crippen LogP contribution in [0.5, 0.6) is 0 Å². The number of hydrogen-bond acceptors (Lipinski definition) is 7. The van der Waals surface area contributed by atoms with Gasteiger partial charge in [-0.2, -0.15) is 5.26 Å². The Balaban J connectivity index is 1.38. The number of hydrogen-bond donors (Lipinski definition) is 1. The average Bonchev–Trinajstić information content (AvgIpc) is 3.70. The summed E-state index contributed by atoms with van der Waals surface area (Å²) in [4.78, 5) is 43.2. The Morgan fingerprint density at radius 3 is 2.58 bits per heavy atom. The second-order valence-corrected chi connectivity index (χ2v) is 12.6. The molecule has 1 aromatic heterocycles. The molecule has 2 saturated heterocycles. The number of fused-ring (bicyclic) bond motifs is 1. The lowest BCUT2D eigenvalue weighted by Crippen LogP contribution is -2.50. The van der Waals surface area contributed by atoms with Crippen LogP contribution in [0.3, 0.4) is 0 Å². The SMILES string of the molecule is CCOC(=O)[C@H](CCN1CCC[C@@H]1C(=O)N1CCC[C@H]1CCc1cc2ccc(C#N)cc2n1CC)NC(=O)OC(C)(C)C. The fourth-order valence-electron chi connectivity index (χ4n) is 6.50. The number of aromatic nitrogens is 1. The van der Waals surface area contributed by atoms with E-state index in [1.807, 2.05) is 18.2 Å². The normalized spacial score (nSPS) is 19.8. The van der Waals surface area contributed by atoms with Gasteiger partial charge in [0.1, 0.15) is 11.6 Å². The van der Waals surface area contributed by atoms with Crippen LogP contribution in [0.25, 0.3) is 10.9 Å². The number of carbonyl (C=O) groups excluding carboxylic acids is 3. The van der Waals surface area contributed by atoms with E-state index in [1.54, 1.807) is 27.7 Å². The number of likely N-dealkylation sites (tertiary alicyclic amines) is 2. The van der Waals surface area contributed by atoms with E-state index in [-0.39, 0.29) is 24.6 Å². The van der Waals surface area contributed by atoms with Crippen molar-refractivity contribution in [2.24, 2.45) is 0 Å². The molecule has 2 amide bonds. The lowest BCUT2D eigenvalue weighted by Gasteiger charge is -2.32. The van der Waals surface area contributed by atoms with Gasteiger partial charge in [0.2, 0.25) is 5.91 Å². The zero-order chi connectivity index (χ0) is 31.1. The number of rotatable bonds is 11. The molecule has 1 aromatic carbocycles. The molecule has 2 aromatic rings. The number of amides is 2. The number of nitrogens with one attached hydrogen (secondary N) is 1. The van der Waals surface area contributed by atoms with Crippen molar-refractivity contribution in [1.82, 2.24) is 19.7 Å². The lowest BCUT2D eigenvalue weighted by molar-refractivity contribution is -0.146. The smallest absolute Gasteiger partial charge is 0.408 e. The van der Waals surface area contributed by atoms with Gasteiger partial charge in [0.05, 0.1) is 24.3 Å². The molecule has 0 radical (unpaired) electrons. The molecule has 0 aliphatic carbocycles. The third-order valence-corrected chi connectivity index (χ3v) is 8.45. The number of nitriles is 1. The maximum atomic E-state index is 13.9. The Hall–Kier alpha value is -3.58. The summed E-state index contributed by atoms with van der Waals surface area (Å²) in [5, 5.41) is 13.1. The summed E-state index contributed by atoms with van der Waals surface area (Å²) in [7, 11) is 0. The van der Waals surface area contributed by atoms with E-state index >= 15 is 0 Å². The predicted molar refractivity (Wildman–Crippen MR) is 164 cm³/mol. The molecule has 2 fully saturated rings. The molecule has 10 heteroatoms. The Kier molecular flexibility index (Phi) is 10.7. The van der Waals surface area contributed by atoms with E-state index in [4.69, 9.17) is 9.47 Å². The summed E-state index contributed by atoms with van der Waals surface area (Å²) in [5.74, 6) is -0.328. The van der Waals surface area contributed by atoms with Crippen molar-refractivity contribution < 1.29 is 23.9 Å². The van der Waals surface area contributed by atoms with Gasteiger partial charge in [-0.3, -0.25) is 9.69 Å². The fraction of sp³-hybridized carbons (Fsp3) is 0.636. The van der Waals surface area contributed by atoms with Crippen molar-refractivity contribution >= 4 is 28.9 Å². The van der Waals surface area contributed by atoms with Crippen LogP contribution in [-0.4, -0.2) is 82.3 Å². The van der Waals surface area contributed by atoms with Crippen LogP contribution in [-0.2, 0) is 32.0 Å². The quantitative estimate of drug-likeness (QED) is 0.373. The Bertz CT molecular complexity index is 1340. The molecular weight excluding hydrogens is 546 g/mol. The monoisotopic (exact) mass is 593 g/mol. The molecule has 2 aliphatic rings. The Morgan fingerprint density at radius 1 is 1.12 bits per heavy atom. The minimum atomic E-state index is -0.847. The predicted octanol–water partition coefficient (Wildman–Crippen LogP) is 4.77. The third-order valence-electron chi connectivity index (χ3n) is 8.45. The number of alkyl carbamates (subject to hydrolysis) is 1. The van der Waals surface area contributed by atoms with Crippen molar-refractivity contribution in [2.45, 2.75) is 110 Å². The fourth-order valence-corrected chi connectivity index (χ4v) is 6.50. The van der Waals surface area contributed by atoms with E-state index in [0.29, 0.717) is 18.5 Å². The molecule has 4 rings (SSSR count).